The largest absolute Gasteiger partial charge is 0.368 e. The van der Waals surface area contributed by atoms with Crippen LogP contribution in [0.15, 0.2) is 48.9 Å². The molecule has 3 N–H and O–H groups in total. The highest BCUT2D eigenvalue weighted by atomic mass is 19.1. The SMILES string of the molecule is CC(C)(C)[C@H](NC(=O)c1cc2cncc-2n(Cc2ccccc2F)c1)C(N)=O. The lowest BCUT2D eigenvalue weighted by Gasteiger charge is -2.29. The van der Waals surface area contributed by atoms with E-state index in [9.17, 15) is 14.0 Å². The topological polar surface area (TPSA) is 90.0 Å². The summed E-state index contributed by atoms with van der Waals surface area (Å²) in [4.78, 5) is 28.7. The Morgan fingerprint density at radius 3 is 2.61 bits per heavy atom. The zero-order valence-corrected chi connectivity index (χ0v) is 16.1. The molecule has 2 heterocycles. The summed E-state index contributed by atoms with van der Waals surface area (Å²) < 4.78 is 15.9. The Hall–Kier alpha value is -3.22. The number of carbonyl (C=O) groups is 2. The van der Waals surface area contributed by atoms with Crippen LogP contribution in [0.5, 0.6) is 0 Å². The van der Waals surface area contributed by atoms with Gasteiger partial charge in [0, 0.05) is 23.5 Å². The van der Waals surface area contributed by atoms with Crippen molar-refractivity contribution in [1.82, 2.24) is 14.9 Å². The molecule has 1 atom stereocenters. The normalized spacial score (nSPS) is 12.7. The van der Waals surface area contributed by atoms with E-state index in [1.807, 2.05) is 20.8 Å². The van der Waals surface area contributed by atoms with Crippen LogP contribution in [0.1, 0.15) is 36.7 Å². The highest BCUT2D eigenvalue weighted by Gasteiger charge is 2.31. The van der Waals surface area contributed by atoms with Gasteiger partial charge in [-0.3, -0.25) is 14.6 Å². The van der Waals surface area contributed by atoms with Crippen molar-refractivity contribution in [2.24, 2.45) is 11.1 Å². The molecule has 0 saturated carbocycles. The Morgan fingerprint density at radius 2 is 1.96 bits per heavy atom. The number of primary amides is 1. The lowest BCUT2D eigenvalue weighted by atomic mass is 9.86. The summed E-state index contributed by atoms with van der Waals surface area (Å²) in [5.41, 5.74) is 7.29. The number of benzene rings is 1. The molecule has 7 heteroatoms. The fourth-order valence-corrected chi connectivity index (χ4v) is 3.12. The van der Waals surface area contributed by atoms with E-state index in [2.05, 4.69) is 10.3 Å². The first-order valence-corrected chi connectivity index (χ1v) is 8.94. The minimum Gasteiger partial charge on any atom is -0.368 e. The zero-order chi connectivity index (χ0) is 20.5. The van der Waals surface area contributed by atoms with Gasteiger partial charge < -0.3 is 15.6 Å². The first-order chi connectivity index (χ1) is 13.2. The molecule has 1 aromatic carbocycles. The second kappa shape index (κ2) is 7.42. The first kappa shape index (κ1) is 19.5. The van der Waals surface area contributed by atoms with E-state index in [-0.39, 0.29) is 12.4 Å². The van der Waals surface area contributed by atoms with Gasteiger partial charge in [0.15, 0.2) is 0 Å². The molecule has 1 aromatic rings. The molecular weight excluding hydrogens is 359 g/mol. The van der Waals surface area contributed by atoms with Gasteiger partial charge in [0.2, 0.25) is 5.91 Å². The average Bonchev–Trinajstić information content (AvgIpc) is 3.09. The van der Waals surface area contributed by atoms with Crippen molar-refractivity contribution in [2.45, 2.75) is 33.4 Å². The van der Waals surface area contributed by atoms with Crippen LogP contribution in [0, 0.1) is 11.2 Å². The molecule has 0 saturated heterocycles. The number of nitrogens with one attached hydrogen (secondary N) is 1. The lowest BCUT2D eigenvalue weighted by molar-refractivity contribution is -0.122. The minimum absolute atomic E-state index is 0.245. The maximum Gasteiger partial charge on any atom is 0.253 e. The standard InChI is InChI=1S/C21H23FN4O2/c1-21(2,3)18(19(23)27)25-20(28)15-8-14-9-24-10-17(14)26(12-15)11-13-6-4-5-7-16(13)22/h4-10,12,18H,11H2,1-3H3,(H2,23,27)(H,25,28)/t18-/m1/s1. The van der Waals surface area contributed by atoms with E-state index in [4.69, 9.17) is 5.73 Å². The fourth-order valence-electron chi connectivity index (χ4n) is 3.12. The number of carbonyl (C=O) groups excluding carboxylic acids is 2. The fraction of sp³-hybridized carbons (Fsp3) is 0.286. The number of hydrogen-bond acceptors (Lipinski definition) is 3. The molecule has 146 valence electrons. The molecule has 0 radical (unpaired) electrons. The van der Waals surface area contributed by atoms with Crippen molar-refractivity contribution in [1.29, 1.82) is 0 Å². The molecule has 2 aliphatic rings. The third kappa shape index (κ3) is 4.03. The molecule has 28 heavy (non-hydrogen) atoms. The number of halogens is 1. The van der Waals surface area contributed by atoms with E-state index in [1.54, 1.807) is 47.4 Å². The summed E-state index contributed by atoms with van der Waals surface area (Å²) in [6.07, 6.45) is 4.94. The molecular formula is C21H23FN4O2. The predicted molar refractivity (Wildman–Crippen MR) is 104 cm³/mol. The molecule has 0 aromatic heterocycles. The van der Waals surface area contributed by atoms with Gasteiger partial charge in [-0.2, -0.15) is 0 Å². The summed E-state index contributed by atoms with van der Waals surface area (Å²) in [6.45, 7) is 5.72. The van der Waals surface area contributed by atoms with Gasteiger partial charge in [0.05, 0.1) is 24.0 Å². The number of amides is 2. The molecule has 0 bridgehead atoms. The number of nitrogens with zero attached hydrogens (tertiary/aromatic N) is 2. The Kier molecular flexibility index (Phi) is 5.18. The molecule has 2 aliphatic heterocycles. The maximum absolute atomic E-state index is 14.1. The Labute approximate surface area is 162 Å². The Morgan fingerprint density at radius 1 is 1.25 bits per heavy atom. The van der Waals surface area contributed by atoms with Crippen molar-refractivity contribution in [3.05, 3.63) is 65.9 Å². The van der Waals surface area contributed by atoms with Crippen molar-refractivity contribution in [3.8, 4) is 11.3 Å². The summed E-state index contributed by atoms with van der Waals surface area (Å²) in [5.74, 6) is -1.35. The van der Waals surface area contributed by atoms with E-state index < -0.39 is 23.3 Å². The van der Waals surface area contributed by atoms with Crippen molar-refractivity contribution < 1.29 is 14.0 Å². The summed E-state index contributed by atoms with van der Waals surface area (Å²) in [7, 11) is 0. The Balaban J connectivity index is 1.96. The van der Waals surface area contributed by atoms with Crippen LogP contribution in [0.2, 0.25) is 0 Å². The van der Waals surface area contributed by atoms with Gasteiger partial charge in [0.1, 0.15) is 11.9 Å². The van der Waals surface area contributed by atoms with E-state index in [1.165, 1.54) is 6.07 Å². The smallest absolute Gasteiger partial charge is 0.253 e. The quantitative estimate of drug-likeness (QED) is 0.711. The second-order valence-electron chi connectivity index (χ2n) is 7.87. The van der Waals surface area contributed by atoms with Gasteiger partial charge >= 0.3 is 0 Å². The van der Waals surface area contributed by atoms with E-state index in [0.29, 0.717) is 11.1 Å². The summed E-state index contributed by atoms with van der Waals surface area (Å²) in [6, 6.07) is 7.35. The average molecular weight is 382 g/mol. The van der Waals surface area contributed by atoms with Gasteiger partial charge in [-0.05, 0) is 17.5 Å². The van der Waals surface area contributed by atoms with Crippen LogP contribution in [0.25, 0.3) is 11.3 Å². The number of nitrogens with two attached hydrogens (primary N) is 1. The molecule has 0 fully saturated rings. The molecule has 6 nitrogen and oxygen atoms in total. The van der Waals surface area contributed by atoms with Gasteiger partial charge in [-0.25, -0.2) is 4.39 Å². The third-order valence-electron chi connectivity index (χ3n) is 4.61. The molecule has 3 rings (SSSR count). The van der Waals surface area contributed by atoms with Crippen LogP contribution >= 0.6 is 0 Å². The zero-order valence-electron chi connectivity index (χ0n) is 16.1. The second-order valence-corrected chi connectivity index (χ2v) is 7.87. The number of aromatic nitrogens is 2. The van der Waals surface area contributed by atoms with Crippen molar-refractivity contribution in [2.75, 3.05) is 0 Å². The number of pyridine rings is 1. The first-order valence-electron chi connectivity index (χ1n) is 8.94. The minimum atomic E-state index is -0.825. The van der Waals surface area contributed by atoms with Gasteiger partial charge in [-0.15, -0.1) is 0 Å². The van der Waals surface area contributed by atoms with Crippen LogP contribution in [-0.4, -0.2) is 27.4 Å². The Bertz CT molecular complexity index is 990. The molecule has 0 aliphatic carbocycles. The summed E-state index contributed by atoms with van der Waals surface area (Å²) >= 11 is 0. The van der Waals surface area contributed by atoms with Crippen LogP contribution in [0.3, 0.4) is 0 Å². The van der Waals surface area contributed by atoms with Crippen LogP contribution in [0.4, 0.5) is 4.39 Å². The van der Waals surface area contributed by atoms with E-state index >= 15 is 0 Å². The number of rotatable bonds is 5. The van der Waals surface area contributed by atoms with Crippen molar-refractivity contribution in [3.63, 3.8) is 0 Å². The van der Waals surface area contributed by atoms with E-state index in [0.717, 1.165) is 11.3 Å². The molecule has 0 spiro atoms. The number of fused-ring (bicyclic) bond motifs is 1. The third-order valence-corrected chi connectivity index (χ3v) is 4.61. The van der Waals surface area contributed by atoms with Gasteiger partial charge in [0.25, 0.3) is 5.91 Å². The monoisotopic (exact) mass is 382 g/mol. The highest BCUT2D eigenvalue weighted by molar-refractivity contribution is 5.98. The van der Waals surface area contributed by atoms with Crippen LogP contribution < -0.4 is 11.1 Å². The molecule has 2 amide bonds. The highest BCUT2D eigenvalue weighted by Crippen LogP contribution is 2.25. The summed E-state index contributed by atoms with van der Waals surface area (Å²) in [5, 5.41) is 2.71. The molecule has 0 unspecified atom stereocenters. The lowest BCUT2D eigenvalue weighted by Crippen LogP contribution is -2.52. The predicted octanol–water partition coefficient (Wildman–Crippen LogP) is 2.81. The number of hydrogen-bond donors (Lipinski definition) is 2. The maximum atomic E-state index is 14.1. The van der Waals surface area contributed by atoms with Gasteiger partial charge in [-0.1, -0.05) is 39.0 Å². The van der Waals surface area contributed by atoms with Crippen molar-refractivity contribution >= 4 is 11.8 Å². The van der Waals surface area contributed by atoms with Crippen LogP contribution in [-0.2, 0) is 11.3 Å².